The summed E-state index contributed by atoms with van der Waals surface area (Å²) in [7, 11) is 0. The maximum absolute atomic E-state index is 12.6. The Bertz CT molecular complexity index is 689. The van der Waals surface area contributed by atoms with Gasteiger partial charge in [0.25, 0.3) is 5.91 Å². The van der Waals surface area contributed by atoms with Crippen LogP contribution in [0.1, 0.15) is 22.0 Å². The number of aromatic amines is 2. The molecule has 3 rings (SSSR count). The molecule has 0 fully saturated rings. The maximum Gasteiger partial charge on any atom is 0.254 e. The van der Waals surface area contributed by atoms with Crippen molar-refractivity contribution in [3.05, 3.63) is 46.5 Å². The van der Waals surface area contributed by atoms with E-state index in [0.717, 1.165) is 0 Å². The summed E-state index contributed by atoms with van der Waals surface area (Å²) < 4.78 is 0. The summed E-state index contributed by atoms with van der Waals surface area (Å²) in [6, 6.07) is 6.58. The molecule has 0 atom stereocenters. The molecule has 1 amide bonds. The van der Waals surface area contributed by atoms with Crippen molar-refractivity contribution in [1.29, 1.82) is 0 Å². The molecule has 2 N–H and O–H groups in total. The van der Waals surface area contributed by atoms with E-state index in [1.807, 2.05) is 0 Å². The fourth-order valence-corrected chi connectivity index (χ4v) is 1.94. The van der Waals surface area contributed by atoms with Crippen LogP contribution in [0.25, 0.3) is 0 Å². The summed E-state index contributed by atoms with van der Waals surface area (Å²) in [5.41, 5.74) is 0.483. The molecule has 0 aliphatic rings. The van der Waals surface area contributed by atoms with Gasteiger partial charge in [-0.25, -0.2) is 0 Å². The third-order valence-corrected chi connectivity index (χ3v) is 3.07. The predicted molar refractivity (Wildman–Crippen MR) is 73.4 cm³/mol. The fourth-order valence-electron chi connectivity index (χ4n) is 1.81. The number of hydrogen-bond acceptors (Lipinski definition) is 7. The quantitative estimate of drug-likeness (QED) is 0.687. The minimum Gasteiger partial charge on any atom is -0.323 e. The molecule has 10 nitrogen and oxygen atoms in total. The highest BCUT2D eigenvalue weighted by Crippen LogP contribution is 2.14. The van der Waals surface area contributed by atoms with Crippen LogP contribution in [0.5, 0.6) is 0 Å². The van der Waals surface area contributed by atoms with Crippen LogP contribution in [0.2, 0.25) is 5.02 Å². The summed E-state index contributed by atoms with van der Waals surface area (Å²) in [4.78, 5) is 14.1. The molecule has 0 radical (unpaired) electrons. The molecule has 0 bridgehead atoms. The molecule has 22 heavy (non-hydrogen) atoms. The Morgan fingerprint density at radius 1 is 1.00 bits per heavy atom. The zero-order valence-electron chi connectivity index (χ0n) is 11.1. The van der Waals surface area contributed by atoms with Gasteiger partial charge < -0.3 is 4.90 Å². The average Bonchev–Trinajstić information content (AvgIpc) is 3.20. The number of carbonyl (C=O) groups excluding carboxylic acids is 1. The van der Waals surface area contributed by atoms with Crippen LogP contribution >= 0.6 is 11.6 Å². The Morgan fingerprint density at radius 3 is 2.00 bits per heavy atom. The summed E-state index contributed by atoms with van der Waals surface area (Å²) in [5, 5.41) is 27.6. The van der Waals surface area contributed by atoms with Crippen LogP contribution in [0.15, 0.2) is 24.3 Å². The van der Waals surface area contributed by atoms with Crippen LogP contribution < -0.4 is 0 Å². The van der Waals surface area contributed by atoms with E-state index >= 15 is 0 Å². The van der Waals surface area contributed by atoms with Gasteiger partial charge in [0.2, 0.25) is 0 Å². The largest absolute Gasteiger partial charge is 0.323 e. The van der Waals surface area contributed by atoms with Crippen LogP contribution in [0, 0.1) is 0 Å². The lowest BCUT2D eigenvalue weighted by Gasteiger charge is -2.19. The lowest BCUT2D eigenvalue weighted by Crippen LogP contribution is -2.31. The normalized spacial score (nSPS) is 10.6. The van der Waals surface area contributed by atoms with Crippen molar-refractivity contribution in [1.82, 2.24) is 46.1 Å². The summed E-state index contributed by atoms with van der Waals surface area (Å²) in [6.07, 6.45) is 0. The van der Waals surface area contributed by atoms with E-state index in [2.05, 4.69) is 41.2 Å². The highest BCUT2D eigenvalue weighted by atomic mass is 35.5. The van der Waals surface area contributed by atoms with E-state index in [9.17, 15) is 4.79 Å². The molecule has 2 heterocycles. The zero-order valence-corrected chi connectivity index (χ0v) is 11.9. The van der Waals surface area contributed by atoms with E-state index in [1.54, 1.807) is 24.3 Å². The van der Waals surface area contributed by atoms with Crippen LogP contribution in [0.3, 0.4) is 0 Å². The number of benzene rings is 1. The lowest BCUT2D eigenvalue weighted by molar-refractivity contribution is 0.0721. The second kappa shape index (κ2) is 6.26. The number of aromatic nitrogens is 8. The average molecular weight is 320 g/mol. The minimum atomic E-state index is -0.230. The molecule has 2 aromatic heterocycles. The second-order valence-electron chi connectivity index (χ2n) is 4.32. The summed E-state index contributed by atoms with van der Waals surface area (Å²) in [5.74, 6) is 0.530. The Morgan fingerprint density at radius 2 is 1.55 bits per heavy atom. The van der Waals surface area contributed by atoms with Gasteiger partial charge in [-0.05, 0) is 24.3 Å². The van der Waals surface area contributed by atoms with Gasteiger partial charge in [-0.3, -0.25) is 4.79 Å². The van der Waals surface area contributed by atoms with Crippen molar-refractivity contribution in [2.24, 2.45) is 0 Å². The Hall–Kier alpha value is -2.88. The van der Waals surface area contributed by atoms with E-state index in [0.29, 0.717) is 22.2 Å². The number of nitrogens with one attached hydrogen (secondary N) is 2. The van der Waals surface area contributed by atoms with Crippen molar-refractivity contribution in [2.45, 2.75) is 13.1 Å². The topological polar surface area (TPSA) is 129 Å². The number of H-pyrrole nitrogens is 2. The van der Waals surface area contributed by atoms with Gasteiger partial charge in [0.05, 0.1) is 13.1 Å². The Labute approximate surface area is 128 Å². The molecule has 0 aliphatic heterocycles. The van der Waals surface area contributed by atoms with Gasteiger partial charge in [0.1, 0.15) is 0 Å². The zero-order chi connectivity index (χ0) is 15.4. The van der Waals surface area contributed by atoms with Gasteiger partial charge in [-0.1, -0.05) is 22.0 Å². The molecule has 0 aliphatic carbocycles. The molecule has 0 saturated carbocycles. The van der Waals surface area contributed by atoms with Crippen molar-refractivity contribution < 1.29 is 4.79 Å². The first kappa shape index (κ1) is 14.1. The number of tetrazole rings is 2. The molecular weight excluding hydrogens is 310 g/mol. The van der Waals surface area contributed by atoms with Crippen LogP contribution in [0.4, 0.5) is 0 Å². The number of amides is 1. The number of hydrogen-bond donors (Lipinski definition) is 2. The number of carbonyl (C=O) groups is 1. The minimum absolute atomic E-state index is 0.159. The third-order valence-electron chi connectivity index (χ3n) is 2.82. The smallest absolute Gasteiger partial charge is 0.254 e. The molecule has 0 unspecified atom stereocenters. The molecule has 0 spiro atoms. The molecular formula is C11H10ClN9O. The second-order valence-corrected chi connectivity index (χ2v) is 4.76. The highest BCUT2D eigenvalue weighted by molar-refractivity contribution is 6.30. The number of halogens is 1. The fraction of sp³-hybridized carbons (Fsp3) is 0.182. The van der Waals surface area contributed by atoms with E-state index in [-0.39, 0.29) is 19.0 Å². The van der Waals surface area contributed by atoms with Crippen LogP contribution in [-0.4, -0.2) is 52.1 Å². The van der Waals surface area contributed by atoms with E-state index in [1.165, 1.54) is 4.90 Å². The standard InChI is InChI=1S/C11H10ClN9O/c12-8-3-1-7(2-4-8)11(22)21(5-9-13-17-18-14-9)6-10-15-19-20-16-10/h1-4H,5-6H2,(H,13,14,17,18)(H,15,16,19,20). The molecule has 112 valence electrons. The lowest BCUT2D eigenvalue weighted by atomic mass is 10.2. The van der Waals surface area contributed by atoms with Gasteiger partial charge in [0, 0.05) is 10.6 Å². The SMILES string of the molecule is O=C(c1ccc(Cl)cc1)N(Cc1nn[nH]n1)Cc1nn[nH]n1. The van der Waals surface area contributed by atoms with Gasteiger partial charge in [-0.2, -0.15) is 10.4 Å². The first-order valence-corrected chi connectivity index (χ1v) is 6.59. The Kier molecular flexibility index (Phi) is 4.01. The third kappa shape index (κ3) is 3.23. The van der Waals surface area contributed by atoms with E-state index < -0.39 is 0 Å². The monoisotopic (exact) mass is 319 g/mol. The first-order valence-electron chi connectivity index (χ1n) is 6.22. The maximum atomic E-state index is 12.6. The molecule has 0 saturated heterocycles. The van der Waals surface area contributed by atoms with Gasteiger partial charge >= 0.3 is 0 Å². The summed E-state index contributed by atoms with van der Waals surface area (Å²) in [6.45, 7) is 0.318. The van der Waals surface area contributed by atoms with Gasteiger partial charge in [-0.15, -0.1) is 20.4 Å². The van der Waals surface area contributed by atoms with Crippen LogP contribution in [-0.2, 0) is 13.1 Å². The van der Waals surface area contributed by atoms with Gasteiger partial charge in [0.15, 0.2) is 11.6 Å². The van der Waals surface area contributed by atoms with E-state index in [4.69, 9.17) is 11.6 Å². The van der Waals surface area contributed by atoms with Crippen molar-refractivity contribution in [3.63, 3.8) is 0 Å². The number of nitrogens with zero attached hydrogens (tertiary/aromatic N) is 7. The molecule has 1 aromatic carbocycles. The Balaban J connectivity index is 1.83. The summed E-state index contributed by atoms with van der Waals surface area (Å²) >= 11 is 5.84. The first-order chi connectivity index (χ1) is 10.7. The molecule has 11 heteroatoms. The van der Waals surface area contributed by atoms with Crippen molar-refractivity contribution in [2.75, 3.05) is 0 Å². The van der Waals surface area contributed by atoms with Crippen molar-refractivity contribution in [3.8, 4) is 0 Å². The molecule has 3 aromatic rings. The highest BCUT2D eigenvalue weighted by Gasteiger charge is 2.20. The predicted octanol–water partition coefficient (Wildman–Crippen LogP) is 0.209. The number of rotatable bonds is 5. The van der Waals surface area contributed by atoms with Crippen molar-refractivity contribution >= 4 is 17.5 Å².